The van der Waals surface area contributed by atoms with Crippen LogP contribution in [0.2, 0.25) is 0 Å². The maximum Gasteiger partial charge on any atom is 0.309 e. The third kappa shape index (κ3) is 50.5. The second kappa shape index (κ2) is 53.2. The Labute approximate surface area is 405 Å². The van der Waals surface area contributed by atoms with Gasteiger partial charge in [-0.2, -0.15) is 0 Å². The van der Waals surface area contributed by atoms with Crippen LogP contribution in [0.15, 0.2) is 134 Å². The van der Waals surface area contributed by atoms with Gasteiger partial charge in [-0.05, 0) is 109 Å². The molecule has 0 amide bonds. The number of esters is 3. The molecule has 0 bridgehead atoms. The van der Waals surface area contributed by atoms with Crippen molar-refractivity contribution in [3.05, 3.63) is 134 Å². The summed E-state index contributed by atoms with van der Waals surface area (Å²) in [7, 11) is 0. The minimum Gasteiger partial charge on any atom is -0.462 e. The molecule has 0 aliphatic heterocycles. The predicted octanol–water partition coefficient (Wildman–Crippen LogP) is 17.5. The number of hydrogen-bond donors (Lipinski definition) is 0. The molecule has 0 aromatic heterocycles. The summed E-state index contributed by atoms with van der Waals surface area (Å²) >= 11 is 0. The first kappa shape index (κ1) is 61.5. The number of unbranched alkanes of at least 4 members (excludes halogenated alkanes) is 13. The average molecular weight is 911 g/mol. The molecule has 0 N–H and O–H groups in total. The molecule has 0 fully saturated rings. The fourth-order valence-corrected chi connectivity index (χ4v) is 6.54. The van der Waals surface area contributed by atoms with Crippen LogP contribution in [-0.4, -0.2) is 37.2 Å². The molecule has 66 heavy (non-hydrogen) atoms. The van der Waals surface area contributed by atoms with Crippen LogP contribution < -0.4 is 0 Å². The van der Waals surface area contributed by atoms with Crippen LogP contribution in [0.4, 0.5) is 0 Å². The second-order valence-corrected chi connectivity index (χ2v) is 16.7. The zero-order valence-electron chi connectivity index (χ0n) is 42.1. The fourth-order valence-electron chi connectivity index (χ4n) is 6.54. The summed E-state index contributed by atoms with van der Waals surface area (Å²) < 4.78 is 16.6. The van der Waals surface area contributed by atoms with E-state index in [9.17, 15) is 14.4 Å². The lowest BCUT2D eigenvalue weighted by Gasteiger charge is -2.18. The van der Waals surface area contributed by atoms with E-state index in [0.29, 0.717) is 6.42 Å². The van der Waals surface area contributed by atoms with Gasteiger partial charge in [0.25, 0.3) is 0 Å². The minimum absolute atomic E-state index is 0.110. The zero-order valence-corrected chi connectivity index (χ0v) is 42.1. The van der Waals surface area contributed by atoms with Crippen molar-refractivity contribution in [2.24, 2.45) is 0 Å². The first-order valence-corrected chi connectivity index (χ1v) is 26.2. The standard InChI is InChI=1S/C60H94O6/c1-4-7-10-13-16-19-22-25-28-30-33-35-38-41-44-47-50-53-59(62)65-56-57(55-64-58(61)52-49-46-43-40-37-34-31-27-24-21-18-15-12-9-6-3)66-60(63)54-51-48-45-42-39-36-32-29-26-23-20-17-14-11-8-5-2/h7,9-10,12,16,18-19,21,25,27-29,31-33,35,37,40-41,44,46,49,57H,4-6,8,11,13-15,17,20,22-24,26,30,34,36,38-39,42-43,45,47-48,50-56H2,1-3H3/b10-7-,12-9-,19-16-,21-18-,28-25-,31-27-,32-29-,35-33-,40-37-,44-41-,49-46-. The number of allylic oxidation sites excluding steroid dienone is 21. The highest BCUT2D eigenvalue weighted by molar-refractivity contribution is 5.72. The molecule has 0 saturated carbocycles. The van der Waals surface area contributed by atoms with Crippen molar-refractivity contribution in [2.45, 2.75) is 213 Å². The first-order chi connectivity index (χ1) is 32.5. The Morgan fingerprint density at radius 3 is 1.12 bits per heavy atom. The molecular formula is C60H94O6. The third-order valence-corrected chi connectivity index (χ3v) is 10.4. The van der Waals surface area contributed by atoms with Gasteiger partial charge in [0.1, 0.15) is 13.2 Å². The molecule has 6 heteroatoms. The van der Waals surface area contributed by atoms with Crippen molar-refractivity contribution in [3.63, 3.8) is 0 Å². The molecule has 0 heterocycles. The van der Waals surface area contributed by atoms with Crippen molar-refractivity contribution >= 4 is 17.9 Å². The molecule has 1 unspecified atom stereocenters. The van der Waals surface area contributed by atoms with Crippen molar-refractivity contribution in [2.75, 3.05) is 13.2 Å². The maximum atomic E-state index is 12.8. The summed E-state index contributed by atoms with van der Waals surface area (Å²) in [6.07, 6.45) is 74.7. The van der Waals surface area contributed by atoms with E-state index in [1.54, 1.807) is 6.08 Å². The second-order valence-electron chi connectivity index (χ2n) is 16.7. The Kier molecular flexibility index (Phi) is 49.6. The lowest BCUT2D eigenvalue weighted by Crippen LogP contribution is -2.30. The molecular weight excluding hydrogens is 817 g/mol. The minimum atomic E-state index is -0.849. The van der Waals surface area contributed by atoms with E-state index in [2.05, 4.69) is 142 Å². The van der Waals surface area contributed by atoms with Gasteiger partial charge in [0.2, 0.25) is 0 Å². The number of rotatable bonds is 45. The van der Waals surface area contributed by atoms with E-state index in [-0.39, 0.29) is 44.4 Å². The topological polar surface area (TPSA) is 78.9 Å². The van der Waals surface area contributed by atoms with Crippen LogP contribution in [0.1, 0.15) is 207 Å². The van der Waals surface area contributed by atoms with Crippen molar-refractivity contribution in [1.29, 1.82) is 0 Å². The lowest BCUT2D eigenvalue weighted by molar-refractivity contribution is -0.166. The highest BCUT2D eigenvalue weighted by Crippen LogP contribution is 2.12. The summed E-state index contributed by atoms with van der Waals surface area (Å²) in [6.45, 7) is 6.24. The lowest BCUT2D eigenvalue weighted by atomic mass is 10.1. The first-order valence-electron chi connectivity index (χ1n) is 26.2. The molecule has 370 valence electrons. The third-order valence-electron chi connectivity index (χ3n) is 10.4. The summed E-state index contributed by atoms with van der Waals surface area (Å²) in [5, 5.41) is 0. The largest absolute Gasteiger partial charge is 0.462 e. The van der Waals surface area contributed by atoms with E-state index in [1.807, 2.05) is 6.08 Å². The molecule has 0 radical (unpaired) electrons. The van der Waals surface area contributed by atoms with Gasteiger partial charge < -0.3 is 14.2 Å². The molecule has 0 spiro atoms. The zero-order chi connectivity index (χ0) is 47.9. The van der Waals surface area contributed by atoms with E-state index in [4.69, 9.17) is 14.2 Å². The molecule has 0 aromatic rings. The van der Waals surface area contributed by atoms with Crippen LogP contribution in [-0.2, 0) is 28.6 Å². The molecule has 0 rings (SSSR count). The Morgan fingerprint density at radius 2 is 0.667 bits per heavy atom. The average Bonchev–Trinajstić information content (AvgIpc) is 3.31. The van der Waals surface area contributed by atoms with Crippen molar-refractivity contribution in [1.82, 2.24) is 0 Å². The normalized spacial score (nSPS) is 13.2. The summed E-state index contributed by atoms with van der Waals surface area (Å²) in [5.74, 6) is -1.15. The monoisotopic (exact) mass is 911 g/mol. The van der Waals surface area contributed by atoms with Crippen molar-refractivity contribution < 1.29 is 28.6 Å². The smallest absolute Gasteiger partial charge is 0.309 e. The van der Waals surface area contributed by atoms with Crippen LogP contribution in [0.3, 0.4) is 0 Å². The molecule has 0 aliphatic carbocycles. The highest BCUT2D eigenvalue weighted by Gasteiger charge is 2.19. The number of ether oxygens (including phenoxy) is 3. The summed E-state index contributed by atoms with van der Waals surface area (Å²) in [6, 6.07) is 0. The Balaban J connectivity index is 4.63. The molecule has 0 aliphatic rings. The van der Waals surface area contributed by atoms with Gasteiger partial charge in [0.05, 0.1) is 6.42 Å². The Bertz CT molecular complexity index is 1460. The van der Waals surface area contributed by atoms with Crippen LogP contribution in [0, 0.1) is 0 Å². The Hall–Kier alpha value is -4.45. The SMILES string of the molecule is CC/C=C\C/C=C\C/C=C\C/C=C\C/C=C\CCCC(=O)OCC(COC(=O)C/C=C\C/C=C\C/C=C\C/C=C\C/C=C\CC)OC(=O)CCCCCCC/C=C\CCCCCCCCC. The van der Waals surface area contributed by atoms with E-state index in [0.717, 1.165) is 103 Å². The van der Waals surface area contributed by atoms with Crippen molar-refractivity contribution in [3.8, 4) is 0 Å². The van der Waals surface area contributed by atoms with Gasteiger partial charge in [-0.3, -0.25) is 14.4 Å². The maximum absolute atomic E-state index is 12.8. The van der Waals surface area contributed by atoms with Crippen LogP contribution in [0.5, 0.6) is 0 Å². The van der Waals surface area contributed by atoms with E-state index >= 15 is 0 Å². The van der Waals surface area contributed by atoms with Gasteiger partial charge in [-0.1, -0.05) is 212 Å². The Morgan fingerprint density at radius 1 is 0.333 bits per heavy atom. The highest BCUT2D eigenvalue weighted by atomic mass is 16.6. The number of carbonyl (C=O) groups is 3. The number of hydrogen-bond acceptors (Lipinski definition) is 6. The van der Waals surface area contributed by atoms with E-state index in [1.165, 1.54) is 57.8 Å². The quantitative estimate of drug-likeness (QED) is 0.0262. The number of carbonyl (C=O) groups excluding carboxylic acids is 3. The molecule has 6 nitrogen and oxygen atoms in total. The van der Waals surface area contributed by atoms with Crippen LogP contribution in [0.25, 0.3) is 0 Å². The molecule has 1 atom stereocenters. The molecule has 0 saturated heterocycles. The summed E-state index contributed by atoms with van der Waals surface area (Å²) in [5.41, 5.74) is 0. The predicted molar refractivity (Wildman–Crippen MR) is 283 cm³/mol. The van der Waals surface area contributed by atoms with E-state index < -0.39 is 12.1 Å². The van der Waals surface area contributed by atoms with Gasteiger partial charge in [0.15, 0.2) is 6.10 Å². The fraction of sp³-hybridized carbons (Fsp3) is 0.583. The van der Waals surface area contributed by atoms with Gasteiger partial charge in [-0.25, -0.2) is 0 Å². The molecule has 0 aromatic carbocycles. The van der Waals surface area contributed by atoms with Crippen LogP contribution >= 0.6 is 0 Å². The van der Waals surface area contributed by atoms with Gasteiger partial charge in [-0.15, -0.1) is 0 Å². The van der Waals surface area contributed by atoms with Gasteiger partial charge in [0, 0.05) is 12.8 Å². The summed E-state index contributed by atoms with van der Waals surface area (Å²) in [4.78, 5) is 37.9. The van der Waals surface area contributed by atoms with Gasteiger partial charge >= 0.3 is 17.9 Å².